The van der Waals surface area contributed by atoms with Crippen molar-refractivity contribution in [2.24, 2.45) is 0 Å². The minimum absolute atomic E-state index is 0.134. The van der Waals surface area contributed by atoms with Crippen molar-refractivity contribution in [1.82, 2.24) is 15.3 Å². The lowest BCUT2D eigenvalue weighted by atomic mass is 10.2. The van der Waals surface area contributed by atoms with Gasteiger partial charge in [-0.15, -0.1) is 0 Å². The molecule has 10 heteroatoms. The molecule has 0 aliphatic carbocycles. The van der Waals surface area contributed by atoms with E-state index in [4.69, 9.17) is 26.5 Å². The van der Waals surface area contributed by atoms with Gasteiger partial charge in [-0.3, -0.25) is 5.41 Å². The Kier molecular flexibility index (Phi) is 6.79. The molecule has 0 unspecified atom stereocenters. The number of guanidine groups is 1. The van der Waals surface area contributed by atoms with Gasteiger partial charge in [0.15, 0.2) is 11.3 Å². The molecule has 1 aromatic rings. The van der Waals surface area contributed by atoms with E-state index < -0.39 is 11.3 Å². The second-order valence-electron chi connectivity index (χ2n) is 3.99. The van der Waals surface area contributed by atoms with E-state index in [9.17, 15) is 10.1 Å². The Labute approximate surface area is 126 Å². The van der Waals surface area contributed by atoms with Crippen LogP contribution in [-0.4, -0.2) is 47.9 Å². The molecule has 1 aromatic heterocycles. The zero-order chi connectivity index (χ0) is 15.8. The van der Waals surface area contributed by atoms with Crippen molar-refractivity contribution in [3.8, 4) is 0 Å². The molecule has 0 amide bonds. The first kappa shape index (κ1) is 17.1. The maximum absolute atomic E-state index is 10.5. The van der Waals surface area contributed by atoms with Crippen LogP contribution in [0.15, 0.2) is 18.3 Å². The van der Waals surface area contributed by atoms with Crippen LogP contribution >= 0.6 is 11.6 Å². The summed E-state index contributed by atoms with van der Waals surface area (Å²) in [5.41, 5.74) is 2.54. The van der Waals surface area contributed by atoms with Crippen LogP contribution in [0.3, 0.4) is 0 Å². The van der Waals surface area contributed by atoms with E-state index in [1.54, 1.807) is 17.6 Å². The molecule has 0 saturated heterocycles. The molecule has 9 nitrogen and oxygen atoms in total. The number of halogens is 1. The van der Waals surface area contributed by atoms with Crippen molar-refractivity contribution < 1.29 is 14.5 Å². The fourth-order valence-electron chi connectivity index (χ4n) is 1.54. The average Bonchev–Trinajstić information content (AvgIpc) is 2.44. The van der Waals surface area contributed by atoms with Gasteiger partial charge >= 0.3 is 0 Å². The van der Waals surface area contributed by atoms with Crippen LogP contribution in [0.4, 0.5) is 0 Å². The van der Waals surface area contributed by atoms with Crippen LogP contribution in [0.1, 0.15) is 5.56 Å². The molecule has 0 aromatic carbocycles. The number of aromatic nitrogens is 1. The summed E-state index contributed by atoms with van der Waals surface area (Å²) in [7, 11) is 2.89. The standard InChI is InChI=1S/C11H16ClN5O4/c1-20-10(21-2)7-16(11(13)15-17(18)19)6-8-3-4-9(12)14-5-8/h3-5,10H,6-7H2,1-2H3,(H2,13,15). The quantitative estimate of drug-likeness (QED) is 0.191. The number of pyridine rings is 1. The first-order valence-corrected chi connectivity index (χ1v) is 6.24. The second-order valence-corrected chi connectivity index (χ2v) is 4.38. The van der Waals surface area contributed by atoms with Gasteiger partial charge in [-0.05, 0) is 11.6 Å². The van der Waals surface area contributed by atoms with E-state index in [1.165, 1.54) is 25.3 Å². The molecule has 116 valence electrons. The van der Waals surface area contributed by atoms with Gasteiger partial charge in [0, 0.05) is 27.0 Å². The number of hydrogen-bond acceptors (Lipinski definition) is 6. The highest BCUT2D eigenvalue weighted by molar-refractivity contribution is 6.29. The van der Waals surface area contributed by atoms with Gasteiger partial charge in [0.2, 0.25) is 0 Å². The van der Waals surface area contributed by atoms with Gasteiger partial charge in [-0.1, -0.05) is 23.1 Å². The Morgan fingerprint density at radius 2 is 2.24 bits per heavy atom. The number of methoxy groups -OCH3 is 2. The summed E-state index contributed by atoms with van der Waals surface area (Å²) in [6.45, 7) is 0.350. The molecular formula is C11H16ClN5O4. The zero-order valence-corrected chi connectivity index (χ0v) is 12.3. The molecule has 0 radical (unpaired) electrons. The zero-order valence-electron chi connectivity index (χ0n) is 11.6. The van der Waals surface area contributed by atoms with E-state index in [1.807, 2.05) is 0 Å². The number of ether oxygens (including phenoxy) is 2. The minimum Gasteiger partial charge on any atom is -0.354 e. The van der Waals surface area contributed by atoms with Crippen molar-refractivity contribution in [2.45, 2.75) is 12.8 Å². The molecule has 0 aliphatic rings. The molecular weight excluding hydrogens is 302 g/mol. The number of rotatable bonds is 7. The van der Waals surface area contributed by atoms with Crippen molar-refractivity contribution in [2.75, 3.05) is 20.8 Å². The molecule has 0 saturated carbocycles. The second kappa shape index (κ2) is 8.35. The largest absolute Gasteiger partial charge is 0.354 e. The molecule has 1 heterocycles. The van der Waals surface area contributed by atoms with Crippen LogP contribution in [0.5, 0.6) is 0 Å². The summed E-state index contributed by atoms with van der Waals surface area (Å²) < 4.78 is 10.1. The maximum atomic E-state index is 10.5. The van der Waals surface area contributed by atoms with Crippen LogP contribution in [0, 0.1) is 15.5 Å². The lowest BCUT2D eigenvalue weighted by Gasteiger charge is -2.26. The predicted octanol–water partition coefficient (Wildman–Crippen LogP) is 0.872. The van der Waals surface area contributed by atoms with Crippen molar-refractivity contribution >= 4 is 17.6 Å². The van der Waals surface area contributed by atoms with Gasteiger partial charge in [-0.25, -0.2) is 15.1 Å². The SMILES string of the molecule is COC(CN(Cc1ccc(Cl)nc1)C(=N)N[N+](=O)[O-])OC. The lowest BCUT2D eigenvalue weighted by Crippen LogP contribution is -2.46. The molecule has 0 fully saturated rings. The fraction of sp³-hybridized carbons (Fsp3) is 0.455. The normalized spacial score (nSPS) is 10.5. The van der Waals surface area contributed by atoms with Gasteiger partial charge in [-0.2, -0.15) is 0 Å². The Morgan fingerprint density at radius 1 is 1.57 bits per heavy atom. The monoisotopic (exact) mass is 317 g/mol. The Morgan fingerprint density at radius 3 is 2.71 bits per heavy atom. The summed E-state index contributed by atoms with van der Waals surface area (Å²) in [6.07, 6.45) is 0.905. The Balaban J connectivity index is 2.81. The van der Waals surface area contributed by atoms with E-state index in [0.29, 0.717) is 5.15 Å². The van der Waals surface area contributed by atoms with Gasteiger partial charge in [0.1, 0.15) is 5.15 Å². The first-order chi connectivity index (χ1) is 9.96. The minimum atomic E-state index is -0.802. The molecule has 2 N–H and O–H groups in total. The predicted molar refractivity (Wildman–Crippen MR) is 75.3 cm³/mol. The molecule has 0 aliphatic heterocycles. The van der Waals surface area contributed by atoms with E-state index >= 15 is 0 Å². The molecule has 0 atom stereocenters. The Bertz CT molecular complexity index is 480. The average molecular weight is 318 g/mol. The van der Waals surface area contributed by atoms with E-state index in [2.05, 4.69) is 4.98 Å². The first-order valence-electron chi connectivity index (χ1n) is 5.86. The third-order valence-electron chi connectivity index (χ3n) is 2.57. The molecule has 0 spiro atoms. The fourth-order valence-corrected chi connectivity index (χ4v) is 1.65. The third kappa shape index (κ3) is 5.90. The van der Waals surface area contributed by atoms with E-state index in [-0.39, 0.29) is 19.0 Å². The summed E-state index contributed by atoms with van der Waals surface area (Å²) in [5, 5.41) is 17.7. The van der Waals surface area contributed by atoms with Crippen LogP contribution < -0.4 is 5.43 Å². The molecule has 0 bridgehead atoms. The summed E-state index contributed by atoms with van der Waals surface area (Å²) >= 11 is 5.70. The van der Waals surface area contributed by atoms with Gasteiger partial charge < -0.3 is 14.4 Å². The lowest BCUT2D eigenvalue weighted by molar-refractivity contribution is -0.526. The van der Waals surface area contributed by atoms with Crippen LogP contribution in [0.25, 0.3) is 0 Å². The number of hydrogen-bond donors (Lipinski definition) is 2. The van der Waals surface area contributed by atoms with Crippen LogP contribution in [0.2, 0.25) is 5.15 Å². The topological polar surface area (TPSA) is 114 Å². The van der Waals surface area contributed by atoms with Crippen LogP contribution in [-0.2, 0) is 16.0 Å². The number of nitro groups is 1. The van der Waals surface area contributed by atoms with Crippen molar-refractivity contribution in [1.29, 1.82) is 5.41 Å². The highest BCUT2D eigenvalue weighted by Gasteiger charge is 2.19. The summed E-state index contributed by atoms with van der Waals surface area (Å²) in [6, 6.07) is 3.32. The highest BCUT2D eigenvalue weighted by atomic mass is 35.5. The summed E-state index contributed by atoms with van der Waals surface area (Å²) in [4.78, 5) is 15.8. The smallest absolute Gasteiger partial charge is 0.254 e. The highest BCUT2D eigenvalue weighted by Crippen LogP contribution is 2.09. The molecule has 21 heavy (non-hydrogen) atoms. The van der Waals surface area contributed by atoms with Crippen molar-refractivity contribution in [3.05, 3.63) is 39.2 Å². The third-order valence-corrected chi connectivity index (χ3v) is 2.79. The van der Waals surface area contributed by atoms with E-state index in [0.717, 1.165) is 5.56 Å². The van der Waals surface area contributed by atoms with Crippen molar-refractivity contribution in [3.63, 3.8) is 0 Å². The maximum Gasteiger partial charge on any atom is 0.254 e. The molecule has 1 rings (SSSR count). The summed E-state index contributed by atoms with van der Waals surface area (Å²) in [5.74, 6) is -0.381. The van der Waals surface area contributed by atoms with Gasteiger partial charge in [0.05, 0.1) is 6.54 Å². The number of nitrogens with one attached hydrogen (secondary N) is 2. The number of nitrogens with zero attached hydrogens (tertiary/aromatic N) is 3. The van der Waals surface area contributed by atoms with Gasteiger partial charge in [0.25, 0.3) is 5.96 Å². The number of hydrazine groups is 1. The Hall–Kier alpha value is -1.97.